The highest BCUT2D eigenvalue weighted by Gasteiger charge is 2.26. The van der Waals surface area contributed by atoms with Crippen molar-refractivity contribution in [1.82, 2.24) is 4.90 Å². The first-order valence-corrected chi connectivity index (χ1v) is 11.4. The van der Waals surface area contributed by atoms with E-state index in [-0.39, 0.29) is 11.6 Å². The molecule has 0 aliphatic carbocycles. The molecule has 35 heavy (non-hydrogen) atoms. The lowest BCUT2D eigenvalue weighted by Gasteiger charge is -2.36. The van der Waals surface area contributed by atoms with Gasteiger partial charge in [-0.25, -0.2) is 4.79 Å². The van der Waals surface area contributed by atoms with Crippen LogP contribution in [0.3, 0.4) is 0 Å². The van der Waals surface area contributed by atoms with Crippen molar-refractivity contribution in [3.63, 3.8) is 0 Å². The maximum absolute atomic E-state index is 13.2. The first kappa shape index (κ1) is 22.6. The minimum atomic E-state index is -0.466. The van der Waals surface area contributed by atoms with Crippen molar-refractivity contribution < 1.29 is 14.1 Å². The zero-order chi connectivity index (χ0) is 24.5. The maximum atomic E-state index is 13.2. The largest absolute Gasteiger partial charge is 0.422 e. The number of hydrogen-bond acceptors (Lipinski definition) is 6. The van der Waals surface area contributed by atoms with E-state index in [1.54, 1.807) is 59.5 Å². The Kier molecular flexibility index (Phi) is 5.96. The summed E-state index contributed by atoms with van der Waals surface area (Å²) in [6.07, 6.45) is 0. The van der Waals surface area contributed by atoms with Crippen molar-refractivity contribution in [2.75, 3.05) is 31.1 Å². The number of anilines is 1. The van der Waals surface area contributed by atoms with Gasteiger partial charge in [-0.1, -0.05) is 41.9 Å². The van der Waals surface area contributed by atoms with Crippen molar-refractivity contribution in [1.29, 1.82) is 0 Å². The number of hydrogen-bond donors (Lipinski definition) is 0. The third-order valence-corrected chi connectivity index (χ3v) is 6.34. The number of para-hydroxylation sites is 1. The SMILES string of the molecule is O=C(c1cccc(-c2cc3ccccc3oc2=O)c1)N1CCN(c2ccc(Cl)cc2[N+](=O)[O-])CC1. The van der Waals surface area contributed by atoms with Gasteiger partial charge in [0.05, 0.1) is 10.5 Å². The van der Waals surface area contributed by atoms with Gasteiger partial charge in [0.15, 0.2) is 0 Å². The molecule has 9 heteroatoms. The minimum Gasteiger partial charge on any atom is -0.422 e. The fourth-order valence-electron chi connectivity index (χ4n) is 4.33. The summed E-state index contributed by atoms with van der Waals surface area (Å²) in [6.45, 7) is 1.70. The average molecular weight is 490 g/mol. The van der Waals surface area contributed by atoms with Gasteiger partial charge in [0.2, 0.25) is 0 Å². The topological polar surface area (TPSA) is 96.9 Å². The number of nitrogens with zero attached hydrogens (tertiary/aromatic N) is 3. The number of benzene rings is 3. The molecular formula is C26H20ClN3O5. The molecule has 0 radical (unpaired) electrons. The molecule has 0 bridgehead atoms. The van der Waals surface area contributed by atoms with Gasteiger partial charge in [-0.15, -0.1) is 0 Å². The molecule has 8 nitrogen and oxygen atoms in total. The lowest BCUT2D eigenvalue weighted by atomic mass is 10.0. The lowest BCUT2D eigenvalue weighted by Crippen LogP contribution is -2.49. The molecule has 1 saturated heterocycles. The van der Waals surface area contributed by atoms with Crippen LogP contribution in [-0.4, -0.2) is 41.9 Å². The Morgan fingerprint density at radius 1 is 0.943 bits per heavy atom. The van der Waals surface area contributed by atoms with Crippen LogP contribution >= 0.6 is 11.6 Å². The van der Waals surface area contributed by atoms with Gasteiger partial charge in [0, 0.05) is 48.2 Å². The molecule has 0 N–H and O–H groups in total. The molecular weight excluding hydrogens is 470 g/mol. The summed E-state index contributed by atoms with van der Waals surface area (Å²) in [7, 11) is 0. The van der Waals surface area contributed by atoms with E-state index in [0.717, 1.165) is 5.39 Å². The molecule has 1 aromatic heterocycles. The fourth-order valence-corrected chi connectivity index (χ4v) is 4.49. The zero-order valence-corrected chi connectivity index (χ0v) is 19.3. The van der Waals surface area contributed by atoms with Gasteiger partial charge >= 0.3 is 5.63 Å². The first-order valence-electron chi connectivity index (χ1n) is 11.0. The van der Waals surface area contributed by atoms with Crippen molar-refractivity contribution in [3.05, 3.63) is 104 Å². The fraction of sp³-hybridized carbons (Fsp3) is 0.154. The summed E-state index contributed by atoms with van der Waals surface area (Å²) < 4.78 is 5.44. The van der Waals surface area contributed by atoms with Gasteiger partial charge in [0.1, 0.15) is 11.3 Å². The average Bonchev–Trinajstić information content (AvgIpc) is 2.88. The lowest BCUT2D eigenvalue weighted by molar-refractivity contribution is -0.384. The number of amides is 1. The molecule has 1 aliphatic heterocycles. The van der Waals surface area contributed by atoms with Crippen LogP contribution < -0.4 is 10.5 Å². The molecule has 1 fully saturated rings. The third kappa shape index (κ3) is 4.48. The Morgan fingerprint density at radius 3 is 2.49 bits per heavy atom. The van der Waals surface area contributed by atoms with E-state index in [2.05, 4.69) is 0 Å². The third-order valence-electron chi connectivity index (χ3n) is 6.10. The Balaban J connectivity index is 1.35. The van der Waals surface area contributed by atoms with E-state index in [1.165, 1.54) is 6.07 Å². The summed E-state index contributed by atoms with van der Waals surface area (Å²) in [4.78, 5) is 40.4. The van der Waals surface area contributed by atoms with Crippen LogP contribution in [-0.2, 0) is 0 Å². The molecule has 4 aromatic rings. The van der Waals surface area contributed by atoms with Gasteiger partial charge in [-0.3, -0.25) is 14.9 Å². The molecule has 0 atom stereocenters. The van der Waals surface area contributed by atoms with E-state index >= 15 is 0 Å². The predicted octanol–water partition coefficient (Wildman–Crippen LogP) is 4.98. The summed E-state index contributed by atoms with van der Waals surface area (Å²) >= 11 is 5.93. The molecule has 2 heterocycles. The summed E-state index contributed by atoms with van der Waals surface area (Å²) in [5, 5.41) is 12.5. The van der Waals surface area contributed by atoms with Crippen LogP contribution in [0.25, 0.3) is 22.1 Å². The van der Waals surface area contributed by atoms with Crippen LogP contribution in [0.15, 0.2) is 82.0 Å². The standard InChI is InChI=1S/C26H20ClN3O5/c27-20-8-9-22(23(16-20)30(33)34)28-10-12-29(13-11-28)25(31)19-6-3-5-17(14-19)21-15-18-4-1-2-7-24(18)35-26(21)32/h1-9,14-16H,10-13H2. The quantitative estimate of drug-likeness (QED) is 0.228. The van der Waals surface area contributed by atoms with Crippen LogP contribution in [0.5, 0.6) is 0 Å². The second-order valence-electron chi connectivity index (χ2n) is 8.24. The Hall–Kier alpha value is -4.17. The second-order valence-corrected chi connectivity index (χ2v) is 8.67. The smallest absolute Gasteiger partial charge is 0.344 e. The summed E-state index contributed by atoms with van der Waals surface area (Å²) in [5.41, 5.74) is 1.92. The molecule has 1 amide bonds. The zero-order valence-electron chi connectivity index (χ0n) is 18.5. The Morgan fingerprint density at radius 2 is 1.71 bits per heavy atom. The van der Waals surface area contributed by atoms with Gasteiger partial charge in [0.25, 0.3) is 11.6 Å². The van der Waals surface area contributed by atoms with Gasteiger partial charge in [-0.05, 0) is 42.0 Å². The number of halogens is 1. The highest BCUT2D eigenvalue weighted by molar-refractivity contribution is 6.30. The first-order chi connectivity index (χ1) is 16.9. The molecule has 176 valence electrons. The molecule has 0 spiro atoms. The number of carbonyl (C=O) groups excluding carboxylic acids is 1. The number of nitro benzene ring substituents is 1. The maximum Gasteiger partial charge on any atom is 0.344 e. The van der Waals surface area contributed by atoms with E-state index in [1.807, 2.05) is 17.0 Å². The van der Waals surface area contributed by atoms with E-state index in [9.17, 15) is 19.7 Å². The number of rotatable bonds is 4. The molecule has 1 aliphatic rings. The highest BCUT2D eigenvalue weighted by Crippen LogP contribution is 2.32. The van der Waals surface area contributed by atoms with Crippen LogP contribution in [0.2, 0.25) is 5.02 Å². The Bertz CT molecular complexity index is 1510. The number of carbonyl (C=O) groups is 1. The number of piperazine rings is 1. The van der Waals surface area contributed by atoms with Crippen molar-refractivity contribution in [2.45, 2.75) is 0 Å². The summed E-state index contributed by atoms with van der Waals surface area (Å²) in [5.74, 6) is -0.165. The monoisotopic (exact) mass is 489 g/mol. The number of nitro groups is 1. The van der Waals surface area contributed by atoms with Crippen molar-refractivity contribution >= 4 is 39.9 Å². The highest BCUT2D eigenvalue weighted by atomic mass is 35.5. The van der Waals surface area contributed by atoms with Crippen molar-refractivity contribution in [3.8, 4) is 11.1 Å². The van der Waals surface area contributed by atoms with E-state index < -0.39 is 10.5 Å². The van der Waals surface area contributed by atoms with Crippen LogP contribution in [0.1, 0.15) is 10.4 Å². The Labute approximate surface area is 205 Å². The van der Waals surface area contributed by atoms with Crippen molar-refractivity contribution in [2.24, 2.45) is 0 Å². The summed E-state index contributed by atoms with van der Waals surface area (Å²) in [6, 6.07) is 20.5. The molecule has 0 unspecified atom stereocenters. The van der Waals surface area contributed by atoms with Crippen LogP contribution in [0.4, 0.5) is 11.4 Å². The molecule has 5 rings (SSSR count). The molecule has 0 saturated carbocycles. The molecule has 3 aromatic carbocycles. The predicted molar refractivity (Wildman–Crippen MR) is 134 cm³/mol. The second kappa shape index (κ2) is 9.23. The normalized spacial score (nSPS) is 13.7. The van der Waals surface area contributed by atoms with E-state index in [0.29, 0.717) is 59.2 Å². The minimum absolute atomic E-state index is 0.0563. The van der Waals surface area contributed by atoms with Gasteiger partial charge < -0.3 is 14.2 Å². The van der Waals surface area contributed by atoms with E-state index in [4.69, 9.17) is 16.0 Å². The van der Waals surface area contributed by atoms with Crippen LogP contribution in [0, 0.1) is 10.1 Å². The number of fused-ring (bicyclic) bond motifs is 1. The van der Waals surface area contributed by atoms with Gasteiger partial charge in [-0.2, -0.15) is 0 Å².